The molecular weight excluding hydrogens is 266 g/mol. The van der Waals surface area contributed by atoms with Crippen LogP contribution in [0.15, 0.2) is 28.8 Å². The van der Waals surface area contributed by atoms with Crippen molar-refractivity contribution in [2.45, 2.75) is 43.7 Å². The van der Waals surface area contributed by atoms with Crippen LogP contribution in [0.5, 0.6) is 0 Å². The number of aromatic nitrogens is 2. The van der Waals surface area contributed by atoms with Crippen LogP contribution in [-0.4, -0.2) is 27.9 Å². The molecule has 5 nitrogen and oxygen atoms in total. The van der Waals surface area contributed by atoms with Crippen molar-refractivity contribution >= 4 is 0 Å². The molecule has 1 aliphatic carbocycles. The van der Waals surface area contributed by atoms with Crippen molar-refractivity contribution in [2.24, 2.45) is 0 Å². The molecule has 2 N–H and O–H groups in total. The second-order valence-corrected chi connectivity index (χ2v) is 6.05. The van der Waals surface area contributed by atoms with E-state index in [1.165, 1.54) is 11.1 Å². The Morgan fingerprint density at radius 2 is 2.10 bits per heavy atom. The van der Waals surface area contributed by atoms with Gasteiger partial charge in [-0.15, -0.1) is 0 Å². The summed E-state index contributed by atoms with van der Waals surface area (Å²) < 4.78 is 5.40. The third-order valence-corrected chi connectivity index (χ3v) is 4.58. The maximum atomic E-state index is 9.57. The van der Waals surface area contributed by atoms with Gasteiger partial charge in [-0.25, -0.2) is 0 Å². The first-order valence-corrected chi connectivity index (χ1v) is 7.61. The smallest absolute Gasteiger partial charge is 0.243 e. The first kappa shape index (κ1) is 13.0. The van der Waals surface area contributed by atoms with Gasteiger partial charge in [-0.3, -0.25) is 0 Å². The molecular formula is C16H19N3O2. The number of hydrogen-bond acceptors (Lipinski definition) is 5. The van der Waals surface area contributed by atoms with E-state index in [1.807, 2.05) is 0 Å². The van der Waals surface area contributed by atoms with Crippen molar-refractivity contribution in [3.8, 4) is 0 Å². The Morgan fingerprint density at radius 1 is 1.24 bits per heavy atom. The standard InChI is InChI=1S/C16H19N3O2/c20-13-8-14(17-9-13)16-18-15(19-21-16)12-6-5-10-3-1-2-4-11(10)7-12/h1-4,12-14,17,20H,5-9H2/t12?,13-,14-/m1/s1. The lowest BCUT2D eigenvalue weighted by Crippen LogP contribution is -2.16. The zero-order chi connectivity index (χ0) is 14.2. The van der Waals surface area contributed by atoms with Crippen molar-refractivity contribution in [3.63, 3.8) is 0 Å². The molecule has 0 saturated carbocycles. The van der Waals surface area contributed by atoms with Crippen LogP contribution in [0.25, 0.3) is 0 Å². The maximum absolute atomic E-state index is 9.57. The number of hydrogen-bond donors (Lipinski definition) is 2. The molecule has 2 aromatic rings. The predicted octanol–water partition coefficient (Wildman–Crippen LogP) is 1.74. The monoisotopic (exact) mass is 285 g/mol. The second-order valence-electron chi connectivity index (χ2n) is 6.05. The van der Waals surface area contributed by atoms with Crippen molar-refractivity contribution in [3.05, 3.63) is 47.1 Å². The van der Waals surface area contributed by atoms with Gasteiger partial charge in [-0.05, 0) is 36.8 Å². The Morgan fingerprint density at radius 3 is 2.90 bits per heavy atom. The van der Waals surface area contributed by atoms with Crippen molar-refractivity contribution in [1.82, 2.24) is 15.5 Å². The minimum Gasteiger partial charge on any atom is -0.392 e. The van der Waals surface area contributed by atoms with E-state index in [1.54, 1.807) is 0 Å². The second kappa shape index (κ2) is 5.24. The lowest BCUT2D eigenvalue weighted by atomic mass is 9.83. The SMILES string of the molecule is O[C@H]1CN[C@@H](c2nc(C3CCc4ccccc4C3)no2)C1. The van der Waals surface area contributed by atoms with E-state index in [2.05, 4.69) is 39.7 Å². The molecule has 110 valence electrons. The summed E-state index contributed by atoms with van der Waals surface area (Å²) in [6.07, 6.45) is 3.46. The fourth-order valence-corrected chi connectivity index (χ4v) is 3.38. The van der Waals surface area contributed by atoms with E-state index in [4.69, 9.17) is 4.52 Å². The van der Waals surface area contributed by atoms with Crippen LogP contribution in [0.2, 0.25) is 0 Å². The summed E-state index contributed by atoms with van der Waals surface area (Å²) in [5.41, 5.74) is 2.84. The molecule has 1 unspecified atom stereocenters. The first-order valence-electron chi connectivity index (χ1n) is 7.61. The highest BCUT2D eigenvalue weighted by Crippen LogP contribution is 2.32. The Kier molecular flexibility index (Phi) is 3.24. The van der Waals surface area contributed by atoms with Gasteiger partial charge in [0.05, 0.1) is 12.1 Å². The molecule has 1 aromatic heterocycles. The van der Waals surface area contributed by atoms with Crippen LogP contribution in [0.3, 0.4) is 0 Å². The predicted molar refractivity (Wildman–Crippen MR) is 76.9 cm³/mol. The van der Waals surface area contributed by atoms with E-state index in [9.17, 15) is 5.11 Å². The summed E-state index contributed by atoms with van der Waals surface area (Å²) in [6, 6.07) is 8.58. The molecule has 1 fully saturated rings. The number of aliphatic hydroxyl groups is 1. The van der Waals surface area contributed by atoms with Crippen LogP contribution in [0.1, 0.15) is 47.6 Å². The van der Waals surface area contributed by atoms with Crippen LogP contribution in [0, 0.1) is 0 Å². The van der Waals surface area contributed by atoms with E-state index in [0.717, 1.165) is 25.1 Å². The van der Waals surface area contributed by atoms with E-state index in [0.29, 0.717) is 24.8 Å². The molecule has 5 heteroatoms. The van der Waals surface area contributed by atoms with Gasteiger partial charge in [0.1, 0.15) is 0 Å². The minimum absolute atomic E-state index is 0.00266. The van der Waals surface area contributed by atoms with Gasteiger partial charge in [-0.2, -0.15) is 4.98 Å². The third-order valence-electron chi connectivity index (χ3n) is 4.58. The van der Waals surface area contributed by atoms with Gasteiger partial charge >= 0.3 is 0 Å². The average Bonchev–Trinajstić information content (AvgIpc) is 3.15. The van der Waals surface area contributed by atoms with Crippen LogP contribution in [-0.2, 0) is 12.8 Å². The summed E-state index contributed by atoms with van der Waals surface area (Å²) in [5, 5.41) is 17.0. The molecule has 21 heavy (non-hydrogen) atoms. The summed E-state index contributed by atoms with van der Waals surface area (Å²) in [4.78, 5) is 4.57. The highest BCUT2D eigenvalue weighted by molar-refractivity contribution is 5.31. The summed E-state index contributed by atoms with van der Waals surface area (Å²) in [5.74, 6) is 1.76. The number of fused-ring (bicyclic) bond motifs is 1. The molecule has 2 heterocycles. The summed E-state index contributed by atoms with van der Waals surface area (Å²) >= 11 is 0. The molecule has 0 amide bonds. The molecule has 1 aromatic carbocycles. The molecule has 2 aliphatic rings. The lowest BCUT2D eigenvalue weighted by molar-refractivity contribution is 0.191. The molecule has 3 atom stereocenters. The number of nitrogens with one attached hydrogen (secondary N) is 1. The van der Waals surface area contributed by atoms with Gasteiger partial charge in [-0.1, -0.05) is 29.4 Å². The van der Waals surface area contributed by atoms with Gasteiger partial charge in [0.2, 0.25) is 5.89 Å². The number of benzene rings is 1. The van der Waals surface area contributed by atoms with Crippen molar-refractivity contribution in [2.75, 3.05) is 6.54 Å². The molecule has 0 bridgehead atoms. The maximum Gasteiger partial charge on any atom is 0.243 e. The zero-order valence-electron chi connectivity index (χ0n) is 11.8. The van der Waals surface area contributed by atoms with Crippen molar-refractivity contribution in [1.29, 1.82) is 0 Å². The molecule has 4 rings (SSSR count). The largest absolute Gasteiger partial charge is 0.392 e. The number of aryl methyl sites for hydroxylation is 1. The van der Waals surface area contributed by atoms with Gasteiger partial charge in [0.15, 0.2) is 5.82 Å². The molecule has 0 spiro atoms. The third kappa shape index (κ3) is 2.47. The Balaban J connectivity index is 1.52. The van der Waals surface area contributed by atoms with Gasteiger partial charge in [0, 0.05) is 12.5 Å². The highest BCUT2D eigenvalue weighted by Gasteiger charge is 2.30. The number of aliphatic hydroxyl groups excluding tert-OH is 1. The summed E-state index contributed by atoms with van der Waals surface area (Å²) in [7, 11) is 0. The van der Waals surface area contributed by atoms with Crippen LogP contribution >= 0.6 is 0 Å². The number of β-amino-alcohol motifs (C(OH)–C–C–N with tert-alkyl or cyclic N) is 1. The Bertz CT molecular complexity index is 640. The van der Waals surface area contributed by atoms with Crippen molar-refractivity contribution < 1.29 is 9.63 Å². The lowest BCUT2D eigenvalue weighted by Gasteiger charge is -2.21. The Hall–Kier alpha value is -1.72. The van der Waals surface area contributed by atoms with Crippen LogP contribution in [0.4, 0.5) is 0 Å². The molecule has 1 saturated heterocycles. The summed E-state index contributed by atoms with van der Waals surface area (Å²) in [6.45, 7) is 0.596. The van der Waals surface area contributed by atoms with E-state index < -0.39 is 0 Å². The fourth-order valence-electron chi connectivity index (χ4n) is 3.38. The quantitative estimate of drug-likeness (QED) is 0.879. The first-order chi connectivity index (χ1) is 10.3. The zero-order valence-corrected chi connectivity index (χ0v) is 11.8. The molecule has 0 radical (unpaired) electrons. The van der Waals surface area contributed by atoms with Gasteiger partial charge in [0.25, 0.3) is 0 Å². The number of rotatable bonds is 2. The normalized spacial score (nSPS) is 28.5. The fraction of sp³-hybridized carbons (Fsp3) is 0.500. The topological polar surface area (TPSA) is 71.2 Å². The average molecular weight is 285 g/mol. The van der Waals surface area contributed by atoms with E-state index >= 15 is 0 Å². The molecule has 1 aliphatic heterocycles. The minimum atomic E-state index is -0.313. The highest BCUT2D eigenvalue weighted by atomic mass is 16.5. The van der Waals surface area contributed by atoms with Gasteiger partial charge < -0.3 is 14.9 Å². The Labute approximate surface area is 123 Å². The van der Waals surface area contributed by atoms with Crippen LogP contribution < -0.4 is 5.32 Å². The number of nitrogens with zero attached hydrogens (tertiary/aromatic N) is 2. The van der Waals surface area contributed by atoms with E-state index in [-0.39, 0.29) is 12.1 Å².